The van der Waals surface area contributed by atoms with Crippen LogP contribution in [-0.2, 0) is 15.1 Å². The minimum absolute atomic E-state index is 0.143. The molecule has 0 saturated carbocycles. The second-order valence-corrected chi connectivity index (χ2v) is 8.49. The number of para-hydroxylation sites is 2. The molecule has 1 atom stereocenters. The second kappa shape index (κ2) is 7.78. The molecule has 2 fully saturated rings. The molecule has 8 heteroatoms. The summed E-state index contributed by atoms with van der Waals surface area (Å²) in [6, 6.07) is 16.2. The molecule has 0 radical (unpaired) electrons. The Hall–Kier alpha value is -3.68. The summed E-state index contributed by atoms with van der Waals surface area (Å²) in [6.45, 7) is 2.46. The summed E-state index contributed by atoms with van der Waals surface area (Å²) in [5.41, 5.74) is 1.12. The number of rotatable bonds is 4. The van der Waals surface area contributed by atoms with Gasteiger partial charge in [-0.1, -0.05) is 42.5 Å². The van der Waals surface area contributed by atoms with Crippen LogP contribution in [-0.4, -0.2) is 52.3 Å². The minimum atomic E-state index is -1.17. The van der Waals surface area contributed by atoms with Crippen molar-refractivity contribution in [2.24, 2.45) is 0 Å². The van der Waals surface area contributed by atoms with E-state index in [-0.39, 0.29) is 18.4 Å². The Bertz CT molecular complexity index is 1150. The van der Waals surface area contributed by atoms with E-state index in [1.165, 1.54) is 0 Å². The zero-order chi connectivity index (χ0) is 22.3. The Labute approximate surface area is 185 Å². The summed E-state index contributed by atoms with van der Waals surface area (Å²) in [5.74, 6) is 0.195. The lowest BCUT2D eigenvalue weighted by molar-refractivity contribution is -0.139. The first-order chi connectivity index (χ1) is 15.5. The number of nitrogens with one attached hydrogen (secondary N) is 1. The number of nitrogens with zero attached hydrogens (tertiary/aromatic N) is 3. The van der Waals surface area contributed by atoms with Crippen LogP contribution in [0.3, 0.4) is 0 Å². The van der Waals surface area contributed by atoms with Gasteiger partial charge in [0.2, 0.25) is 5.91 Å². The monoisotopic (exact) mass is 432 g/mol. The normalized spacial score (nSPS) is 21.9. The fourth-order valence-electron chi connectivity index (χ4n) is 4.48. The summed E-state index contributed by atoms with van der Waals surface area (Å²) in [4.78, 5) is 45.7. The predicted molar refractivity (Wildman–Crippen MR) is 117 cm³/mol. The lowest BCUT2D eigenvalue weighted by Gasteiger charge is -2.31. The fraction of sp³-hybridized carbons (Fsp3) is 0.333. The summed E-state index contributed by atoms with van der Waals surface area (Å²) in [5, 5.41) is 2.74. The van der Waals surface area contributed by atoms with Gasteiger partial charge in [0.25, 0.3) is 5.91 Å². The quantitative estimate of drug-likeness (QED) is 0.640. The van der Waals surface area contributed by atoms with Crippen molar-refractivity contribution in [1.29, 1.82) is 0 Å². The number of hydrogen-bond donors (Lipinski definition) is 1. The van der Waals surface area contributed by atoms with Gasteiger partial charge in [0.1, 0.15) is 17.6 Å². The summed E-state index contributed by atoms with van der Waals surface area (Å²) < 4.78 is 5.88. The van der Waals surface area contributed by atoms with Gasteiger partial charge in [-0.25, -0.2) is 9.78 Å². The maximum atomic E-state index is 13.0. The molecule has 5 rings (SSSR count). The average Bonchev–Trinajstić information content (AvgIpc) is 3.35. The number of hydrogen-bond acceptors (Lipinski definition) is 5. The van der Waals surface area contributed by atoms with Gasteiger partial charge in [-0.3, -0.25) is 14.5 Å². The molecular weight excluding hydrogens is 408 g/mol. The van der Waals surface area contributed by atoms with E-state index in [0.717, 1.165) is 28.8 Å². The summed E-state index contributed by atoms with van der Waals surface area (Å²) in [6.07, 6.45) is 1.45. The molecule has 8 nitrogen and oxygen atoms in total. The van der Waals surface area contributed by atoms with E-state index in [1.54, 1.807) is 24.0 Å². The highest BCUT2D eigenvalue weighted by Gasteiger charge is 2.49. The molecular formula is C24H24N4O4. The highest BCUT2D eigenvalue weighted by atomic mass is 16.3. The van der Waals surface area contributed by atoms with Crippen LogP contribution in [0.4, 0.5) is 4.79 Å². The van der Waals surface area contributed by atoms with E-state index in [0.29, 0.717) is 24.5 Å². The highest BCUT2D eigenvalue weighted by Crippen LogP contribution is 2.31. The maximum Gasteiger partial charge on any atom is 0.325 e. The third kappa shape index (κ3) is 3.41. The number of carbonyl (C=O) groups excluding carboxylic acids is 3. The smallest absolute Gasteiger partial charge is 0.325 e. The molecule has 2 aliphatic heterocycles. The number of aromatic nitrogens is 1. The summed E-state index contributed by atoms with van der Waals surface area (Å²) in [7, 11) is 0. The molecule has 0 bridgehead atoms. The van der Waals surface area contributed by atoms with Crippen LogP contribution in [0.15, 0.2) is 59.0 Å². The topological polar surface area (TPSA) is 95.8 Å². The molecule has 2 aliphatic rings. The lowest BCUT2D eigenvalue weighted by atomic mass is 9.92. The van der Waals surface area contributed by atoms with E-state index in [1.807, 2.05) is 42.5 Å². The molecule has 4 amide bonds. The van der Waals surface area contributed by atoms with Gasteiger partial charge in [0.05, 0.1) is 0 Å². The largest absolute Gasteiger partial charge is 0.440 e. The Morgan fingerprint density at radius 2 is 1.78 bits per heavy atom. The van der Waals surface area contributed by atoms with Crippen molar-refractivity contribution in [3.63, 3.8) is 0 Å². The molecule has 0 aliphatic carbocycles. The van der Waals surface area contributed by atoms with Crippen molar-refractivity contribution in [3.8, 4) is 0 Å². The van der Waals surface area contributed by atoms with E-state index in [2.05, 4.69) is 10.3 Å². The van der Waals surface area contributed by atoms with Gasteiger partial charge in [0.15, 0.2) is 11.5 Å². The molecule has 32 heavy (non-hydrogen) atoms. The van der Waals surface area contributed by atoms with Gasteiger partial charge in [-0.2, -0.15) is 0 Å². The van der Waals surface area contributed by atoms with Crippen molar-refractivity contribution in [2.45, 2.75) is 31.2 Å². The molecule has 3 aromatic rings. The average molecular weight is 432 g/mol. The zero-order valence-electron chi connectivity index (χ0n) is 17.8. The van der Waals surface area contributed by atoms with E-state index in [4.69, 9.17) is 4.42 Å². The lowest BCUT2D eigenvalue weighted by Crippen LogP contribution is -2.46. The van der Waals surface area contributed by atoms with Gasteiger partial charge in [-0.05, 0) is 37.5 Å². The van der Waals surface area contributed by atoms with Crippen molar-refractivity contribution in [2.75, 3.05) is 19.6 Å². The molecule has 1 N–H and O–H groups in total. The SMILES string of the molecule is CC1(c2ccccc2)NC(=O)N(CC(=O)N2CCC(c3nc4ccccc4o3)CC2)C1=O. The summed E-state index contributed by atoms with van der Waals surface area (Å²) >= 11 is 0. The molecule has 164 valence electrons. The van der Waals surface area contributed by atoms with Gasteiger partial charge >= 0.3 is 6.03 Å². The zero-order valence-corrected chi connectivity index (χ0v) is 17.8. The van der Waals surface area contributed by atoms with Crippen LogP contribution < -0.4 is 5.32 Å². The van der Waals surface area contributed by atoms with Crippen LogP contribution in [0.5, 0.6) is 0 Å². The Morgan fingerprint density at radius 1 is 1.09 bits per heavy atom. The van der Waals surface area contributed by atoms with Crippen LogP contribution in [0.1, 0.15) is 37.1 Å². The van der Waals surface area contributed by atoms with Crippen LogP contribution in [0.2, 0.25) is 0 Å². The first-order valence-corrected chi connectivity index (χ1v) is 10.8. The Kier molecular flexibility index (Phi) is 4.92. The maximum absolute atomic E-state index is 13.0. The number of benzene rings is 2. The third-order valence-corrected chi connectivity index (χ3v) is 6.43. The number of amides is 4. The Morgan fingerprint density at radius 3 is 2.50 bits per heavy atom. The predicted octanol–water partition coefficient (Wildman–Crippen LogP) is 3.00. The standard InChI is InChI=1S/C24H24N4O4/c1-24(17-7-3-2-4-8-17)22(30)28(23(31)26-24)15-20(29)27-13-11-16(12-14-27)21-25-18-9-5-6-10-19(18)32-21/h2-10,16H,11-15H2,1H3,(H,26,31). The van der Waals surface area contributed by atoms with Crippen LogP contribution in [0.25, 0.3) is 11.1 Å². The van der Waals surface area contributed by atoms with Gasteiger partial charge < -0.3 is 14.6 Å². The Balaban J connectivity index is 1.22. The van der Waals surface area contributed by atoms with E-state index >= 15 is 0 Å². The second-order valence-electron chi connectivity index (χ2n) is 8.49. The molecule has 1 aromatic heterocycles. The molecule has 3 heterocycles. The number of imide groups is 1. The van der Waals surface area contributed by atoms with Crippen molar-refractivity contribution < 1.29 is 18.8 Å². The minimum Gasteiger partial charge on any atom is -0.440 e. The van der Waals surface area contributed by atoms with Crippen LogP contribution >= 0.6 is 0 Å². The fourth-order valence-corrected chi connectivity index (χ4v) is 4.48. The van der Waals surface area contributed by atoms with Crippen molar-refractivity contribution in [1.82, 2.24) is 20.1 Å². The van der Waals surface area contributed by atoms with Crippen molar-refractivity contribution >= 4 is 28.9 Å². The van der Waals surface area contributed by atoms with Crippen LogP contribution in [0, 0.1) is 0 Å². The third-order valence-electron chi connectivity index (χ3n) is 6.43. The van der Waals surface area contributed by atoms with Crippen molar-refractivity contribution in [3.05, 3.63) is 66.1 Å². The number of fused-ring (bicyclic) bond motifs is 1. The van der Waals surface area contributed by atoms with Gasteiger partial charge in [-0.15, -0.1) is 0 Å². The van der Waals surface area contributed by atoms with E-state index in [9.17, 15) is 14.4 Å². The first-order valence-electron chi connectivity index (χ1n) is 10.8. The molecule has 2 aromatic carbocycles. The van der Waals surface area contributed by atoms with E-state index < -0.39 is 17.5 Å². The first kappa shape index (κ1) is 20.2. The molecule has 0 spiro atoms. The number of piperidine rings is 1. The molecule has 2 saturated heterocycles. The number of carbonyl (C=O) groups is 3. The number of oxazole rings is 1. The van der Waals surface area contributed by atoms with Gasteiger partial charge in [0, 0.05) is 19.0 Å². The molecule has 1 unspecified atom stereocenters. The highest BCUT2D eigenvalue weighted by molar-refractivity contribution is 6.09. The number of urea groups is 1. The number of likely N-dealkylation sites (tertiary alicyclic amines) is 1.